The summed E-state index contributed by atoms with van der Waals surface area (Å²) < 4.78 is 37.4. The second kappa shape index (κ2) is 7.81. The van der Waals surface area contributed by atoms with Crippen molar-refractivity contribution in [3.63, 3.8) is 0 Å². The fourth-order valence-corrected chi connectivity index (χ4v) is 4.47. The predicted molar refractivity (Wildman–Crippen MR) is 110 cm³/mol. The molecule has 0 amide bonds. The van der Waals surface area contributed by atoms with E-state index in [4.69, 9.17) is 15.0 Å². The molecule has 1 unspecified atom stereocenters. The van der Waals surface area contributed by atoms with E-state index in [2.05, 4.69) is 5.16 Å². The molecule has 0 spiro atoms. The molecule has 7 heteroatoms. The van der Waals surface area contributed by atoms with Gasteiger partial charge >= 0.3 is 0 Å². The van der Waals surface area contributed by atoms with Crippen LogP contribution in [0.2, 0.25) is 0 Å². The molecule has 2 N–H and O–H groups in total. The van der Waals surface area contributed by atoms with Gasteiger partial charge in [-0.1, -0.05) is 53.7 Å². The Morgan fingerprint density at radius 1 is 0.862 bits per heavy atom. The Labute approximate surface area is 168 Å². The number of rotatable bonds is 6. The molecule has 29 heavy (non-hydrogen) atoms. The molecule has 4 aromatic rings. The number of ether oxygens (including phenoxy) is 1. The van der Waals surface area contributed by atoms with Gasteiger partial charge < -0.3 is 15.0 Å². The quantitative estimate of drug-likeness (QED) is 0.507. The Morgan fingerprint density at radius 2 is 1.48 bits per heavy atom. The topological polar surface area (TPSA) is 95.4 Å². The van der Waals surface area contributed by atoms with Crippen molar-refractivity contribution < 1.29 is 17.7 Å². The maximum atomic E-state index is 13.3. The van der Waals surface area contributed by atoms with Gasteiger partial charge in [0.1, 0.15) is 23.4 Å². The second-order valence-electron chi connectivity index (χ2n) is 6.36. The molecule has 1 aromatic heterocycles. The van der Waals surface area contributed by atoms with E-state index in [0.29, 0.717) is 22.7 Å². The van der Waals surface area contributed by atoms with E-state index in [1.165, 1.54) is 6.26 Å². The maximum absolute atomic E-state index is 13.3. The first kappa shape index (κ1) is 18.8. The Balaban J connectivity index is 1.69. The first-order valence-corrected chi connectivity index (χ1v) is 10.4. The zero-order valence-corrected chi connectivity index (χ0v) is 16.1. The fraction of sp³-hybridized carbons (Fsp3) is 0.0455. The Morgan fingerprint density at radius 3 is 2.07 bits per heavy atom. The van der Waals surface area contributed by atoms with Gasteiger partial charge in [0.25, 0.3) is 0 Å². The molecule has 0 saturated heterocycles. The second-order valence-corrected chi connectivity index (χ2v) is 8.35. The normalized spacial score (nSPS) is 12.4. The Bertz CT molecular complexity index is 1190. The Hall–Kier alpha value is -3.58. The van der Waals surface area contributed by atoms with Crippen LogP contribution in [-0.2, 0) is 9.84 Å². The van der Waals surface area contributed by atoms with Crippen LogP contribution >= 0.6 is 0 Å². The smallest absolute Gasteiger partial charge is 0.228 e. The van der Waals surface area contributed by atoms with Gasteiger partial charge in [0.15, 0.2) is 0 Å². The summed E-state index contributed by atoms with van der Waals surface area (Å²) in [4.78, 5) is 0.195. The van der Waals surface area contributed by atoms with Crippen LogP contribution in [0.15, 0.2) is 101 Å². The maximum Gasteiger partial charge on any atom is 0.228 e. The summed E-state index contributed by atoms with van der Waals surface area (Å²) in [5.74, 6) is 0.407. The average molecular weight is 406 g/mol. The van der Waals surface area contributed by atoms with Crippen LogP contribution in [0.4, 0.5) is 5.69 Å². The van der Waals surface area contributed by atoms with E-state index in [1.807, 2.05) is 6.07 Å². The van der Waals surface area contributed by atoms with Gasteiger partial charge in [0.05, 0.1) is 4.90 Å². The third-order valence-electron chi connectivity index (χ3n) is 4.39. The fourth-order valence-electron chi connectivity index (χ4n) is 2.93. The number of hydrogen-bond acceptors (Lipinski definition) is 6. The van der Waals surface area contributed by atoms with Crippen LogP contribution in [0, 0.1) is 0 Å². The van der Waals surface area contributed by atoms with Crippen LogP contribution in [0.3, 0.4) is 0 Å². The van der Waals surface area contributed by atoms with E-state index in [-0.39, 0.29) is 4.90 Å². The van der Waals surface area contributed by atoms with Gasteiger partial charge in [0, 0.05) is 11.1 Å². The van der Waals surface area contributed by atoms with Crippen molar-refractivity contribution in [1.82, 2.24) is 5.16 Å². The van der Waals surface area contributed by atoms with E-state index in [9.17, 15) is 8.42 Å². The first-order chi connectivity index (χ1) is 14.1. The van der Waals surface area contributed by atoms with Crippen molar-refractivity contribution in [2.45, 2.75) is 10.3 Å². The summed E-state index contributed by atoms with van der Waals surface area (Å²) >= 11 is 0. The van der Waals surface area contributed by atoms with Gasteiger partial charge in [-0.15, -0.1) is 0 Å². The zero-order chi connectivity index (χ0) is 20.3. The molecule has 0 aliphatic carbocycles. The molecule has 0 fully saturated rings. The highest BCUT2D eigenvalue weighted by Gasteiger charge is 2.31. The molecule has 3 aromatic carbocycles. The molecule has 4 rings (SSSR count). The summed E-state index contributed by atoms with van der Waals surface area (Å²) in [5.41, 5.74) is 6.87. The summed E-state index contributed by atoms with van der Waals surface area (Å²) in [6.07, 6.45) is 1.36. The number of anilines is 1. The minimum absolute atomic E-state index is 0.195. The van der Waals surface area contributed by atoms with Crippen LogP contribution in [0.5, 0.6) is 5.75 Å². The largest absolute Gasteiger partial charge is 0.469 e. The summed E-state index contributed by atoms with van der Waals surface area (Å²) in [5, 5.41) is 3.87. The predicted octanol–water partition coefficient (Wildman–Crippen LogP) is 4.48. The highest BCUT2D eigenvalue weighted by atomic mass is 32.2. The molecule has 1 heterocycles. The van der Waals surface area contributed by atoms with Gasteiger partial charge in [-0.3, -0.25) is 0 Å². The summed E-state index contributed by atoms with van der Waals surface area (Å²) in [6, 6.07) is 24.0. The van der Waals surface area contributed by atoms with Crippen molar-refractivity contribution in [2.75, 3.05) is 5.73 Å². The van der Waals surface area contributed by atoms with Crippen LogP contribution < -0.4 is 10.5 Å². The summed E-state index contributed by atoms with van der Waals surface area (Å²) in [7, 11) is -3.78. The molecular weight excluding hydrogens is 388 g/mol. The molecule has 6 nitrogen and oxygen atoms in total. The number of nitrogens with zero attached hydrogens (tertiary/aromatic N) is 1. The van der Waals surface area contributed by atoms with Crippen LogP contribution in [-0.4, -0.2) is 13.6 Å². The van der Waals surface area contributed by atoms with Gasteiger partial charge in [-0.05, 0) is 36.4 Å². The number of nitrogen functional groups attached to an aromatic ring is 1. The molecule has 146 valence electrons. The van der Waals surface area contributed by atoms with Crippen LogP contribution in [0.1, 0.15) is 11.0 Å². The monoisotopic (exact) mass is 406 g/mol. The van der Waals surface area contributed by atoms with Crippen molar-refractivity contribution in [3.05, 3.63) is 96.8 Å². The lowest BCUT2D eigenvalue weighted by atomic mass is 10.1. The van der Waals surface area contributed by atoms with Gasteiger partial charge in [0.2, 0.25) is 15.3 Å². The highest BCUT2D eigenvalue weighted by molar-refractivity contribution is 7.91. The lowest BCUT2D eigenvalue weighted by Crippen LogP contribution is -2.19. The SMILES string of the molecule is Nc1conc1-c1ccc(OC(c2ccccc2)S(=O)(=O)c2ccccc2)cc1. The molecular formula is C22H18N2O4S. The minimum Gasteiger partial charge on any atom is -0.469 e. The molecule has 0 aliphatic rings. The van der Waals surface area contributed by atoms with Crippen molar-refractivity contribution in [2.24, 2.45) is 0 Å². The van der Waals surface area contributed by atoms with E-state index < -0.39 is 15.3 Å². The Kier molecular flexibility index (Phi) is 5.05. The van der Waals surface area contributed by atoms with E-state index in [0.717, 1.165) is 5.56 Å². The lowest BCUT2D eigenvalue weighted by molar-refractivity contribution is 0.279. The van der Waals surface area contributed by atoms with Crippen molar-refractivity contribution in [1.29, 1.82) is 0 Å². The van der Waals surface area contributed by atoms with Crippen molar-refractivity contribution in [3.8, 4) is 17.0 Å². The van der Waals surface area contributed by atoms with Gasteiger partial charge in [-0.25, -0.2) is 8.42 Å². The highest BCUT2D eigenvalue weighted by Crippen LogP contribution is 2.33. The molecule has 0 bridgehead atoms. The lowest BCUT2D eigenvalue weighted by Gasteiger charge is -2.20. The standard InChI is InChI=1S/C22H18N2O4S/c23-20-15-27-24-21(20)16-11-13-18(14-12-16)28-22(17-7-3-1-4-8-17)29(25,26)19-9-5-2-6-10-19/h1-15,22H,23H2. The number of aromatic nitrogens is 1. The number of benzene rings is 3. The number of hydrogen-bond donors (Lipinski definition) is 1. The third-order valence-corrected chi connectivity index (χ3v) is 6.25. The van der Waals surface area contributed by atoms with Crippen molar-refractivity contribution >= 4 is 15.5 Å². The molecule has 1 atom stereocenters. The minimum atomic E-state index is -3.78. The number of nitrogens with two attached hydrogens (primary N) is 1. The third kappa shape index (κ3) is 3.86. The van der Waals surface area contributed by atoms with Gasteiger partial charge in [-0.2, -0.15) is 0 Å². The van der Waals surface area contributed by atoms with Crippen LogP contribution in [0.25, 0.3) is 11.3 Å². The molecule has 0 saturated carbocycles. The zero-order valence-electron chi connectivity index (χ0n) is 15.3. The number of sulfone groups is 1. The summed E-state index contributed by atoms with van der Waals surface area (Å²) in [6.45, 7) is 0. The first-order valence-electron chi connectivity index (χ1n) is 8.86. The van der Waals surface area contributed by atoms with E-state index >= 15 is 0 Å². The molecule has 0 radical (unpaired) electrons. The average Bonchev–Trinajstić information content (AvgIpc) is 3.19. The molecule has 0 aliphatic heterocycles. The van der Waals surface area contributed by atoms with E-state index in [1.54, 1.807) is 78.9 Å².